The van der Waals surface area contributed by atoms with Crippen LogP contribution in [0.1, 0.15) is 46.0 Å². The molecule has 0 heterocycles. The molecule has 0 spiro atoms. The molecule has 0 aliphatic carbocycles. The zero-order valence-corrected chi connectivity index (χ0v) is 18.8. The Hall–Kier alpha value is -3.75. The third kappa shape index (κ3) is 12.3. The first kappa shape index (κ1) is 30.2. The highest BCUT2D eigenvalue weighted by Gasteiger charge is 2.32. The molecule has 0 aromatic rings. The van der Waals surface area contributed by atoms with Crippen LogP contribution in [-0.2, 0) is 33.6 Å². The van der Waals surface area contributed by atoms with Gasteiger partial charge < -0.3 is 42.7 Å². The summed E-state index contributed by atoms with van der Waals surface area (Å²) in [7, 11) is 0. The van der Waals surface area contributed by atoms with E-state index in [0.717, 1.165) is 0 Å². The van der Waals surface area contributed by atoms with E-state index in [9.17, 15) is 38.7 Å². The fraction of sp³-hybridized carbons (Fsp3) is 0.632. The van der Waals surface area contributed by atoms with Crippen molar-refractivity contribution >= 4 is 41.5 Å². The number of carboxylic acids is 3. The van der Waals surface area contributed by atoms with Crippen LogP contribution in [0.15, 0.2) is 0 Å². The second-order valence-corrected chi connectivity index (χ2v) is 7.96. The Morgan fingerprint density at radius 2 is 1.21 bits per heavy atom. The van der Waals surface area contributed by atoms with Crippen molar-refractivity contribution in [2.45, 2.75) is 70.1 Å². The van der Waals surface area contributed by atoms with Crippen LogP contribution in [0.5, 0.6) is 0 Å². The Morgan fingerprint density at radius 3 is 1.65 bits per heavy atom. The highest BCUT2D eigenvalue weighted by atomic mass is 16.4. The van der Waals surface area contributed by atoms with Gasteiger partial charge in [-0.25, -0.2) is 4.79 Å². The second-order valence-electron chi connectivity index (χ2n) is 7.96. The summed E-state index contributed by atoms with van der Waals surface area (Å²) in [6.45, 7) is 3.41. The second kappa shape index (κ2) is 14.4. The lowest BCUT2D eigenvalue weighted by Gasteiger charge is -2.25. The van der Waals surface area contributed by atoms with Gasteiger partial charge in [0.15, 0.2) is 0 Å². The summed E-state index contributed by atoms with van der Waals surface area (Å²) >= 11 is 0. The molecule has 0 saturated carbocycles. The monoisotopic (exact) mass is 489 g/mol. The van der Waals surface area contributed by atoms with Gasteiger partial charge >= 0.3 is 17.9 Å². The van der Waals surface area contributed by atoms with Gasteiger partial charge in [0.25, 0.3) is 0 Å². The molecule has 0 aliphatic rings. The summed E-state index contributed by atoms with van der Waals surface area (Å²) in [5.74, 6) is -8.35. The molecular formula is C19H31N5O10. The molecule has 4 atom stereocenters. The van der Waals surface area contributed by atoms with Crippen molar-refractivity contribution in [3.05, 3.63) is 0 Å². The van der Waals surface area contributed by atoms with Crippen LogP contribution in [0.3, 0.4) is 0 Å². The van der Waals surface area contributed by atoms with Gasteiger partial charge in [0, 0.05) is 6.42 Å². The summed E-state index contributed by atoms with van der Waals surface area (Å²) in [5.41, 5.74) is 10.4. The Bertz CT molecular complexity index is 800. The normalized spacial score (nSPS) is 14.2. The molecule has 0 radical (unpaired) electrons. The maximum absolute atomic E-state index is 12.7. The number of amides is 4. The van der Waals surface area contributed by atoms with Crippen molar-refractivity contribution in [1.82, 2.24) is 16.0 Å². The van der Waals surface area contributed by atoms with E-state index in [2.05, 4.69) is 10.6 Å². The number of carboxylic acid groups (broad SMARTS) is 3. The van der Waals surface area contributed by atoms with E-state index in [1.807, 2.05) is 5.32 Å². The number of nitrogens with one attached hydrogen (secondary N) is 3. The Kier molecular flexibility index (Phi) is 12.8. The molecule has 0 rings (SSSR count). The third-order valence-corrected chi connectivity index (χ3v) is 4.38. The van der Waals surface area contributed by atoms with E-state index < -0.39 is 78.5 Å². The molecule has 0 aliphatic heterocycles. The maximum Gasteiger partial charge on any atom is 0.326 e. The number of hydrogen-bond donors (Lipinski definition) is 8. The SMILES string of the molecule is CC(C)CC(NC(=O)C(CC(=O)O)NC(=O)C(N)CC(=O)O)C(=O)NC(CCC(N)=O)C(=O)O. The highest BCUT2D eigenvalue weighted by molar-refractivity contribution is 5.96. The van der Waals surface area contributed by atoms with E-state index >= 15 is 0 Å². The first-order valence-corrected chi connectivity index (χ1v) is 10.2. The number of carbonyl (C=O) groups excluding carboxylic acids is 4. The van der Waals surface area contributed by atoms with Gasteiger partial charge in [0.2, 0.25) is 23.6 Å². The molecule has 0 fully saturated rings. The van der Waals surface area contributed by atoms with Crippen LogP contribution >= 0.6 is 0 Å². The van der Waals surface area contributed by atoms with Crippen LogP contribution in [0.4, 0.5) is 0 Å². The van der Waals surface area contributed by atoms with Crippen LogP contribution in [-0.4, -0.2) is 81.0 Å². The molecule has 4 unspecified atom stereocenters. The minimum Gasteiger partial charge on any atom is -0.481 e. The Balaban J connectivity index is 5.54. The summed E-state index contributed by atoms with van der Waals surface area (Å²) in [6.07, 6.45) is -2.26. The van der Waals surface area contributed by atoms with E-state index in [1.165, 1.54) is 0 Å². The first-order chi connectivity index (χ1) is 15.6. The lowest BCUT2D eigenvalue weighted by molar-refractivity contribution is -0.143. The Labute approximate surface area is 194 Å². The zero-order chi connectivity index (χ0) is 26.6. The van der Waals surface area contributed by atoms with Crippen molar-refractivity contribution in [2.24, 2.45) is 17.4 Å². The van der Waals surface area contributed by atoms with Gasteiger partial charge in [-0.3, -0.25) is 28.8 Å². The van der Waals surface area contributed by atoms with Crippen molar-refractivity contribution in [2.75, 3.05) is 0 Å². The van der Waals surface area contributed by atoms with E-state index in [4.69, 9.17) is 21.7 Å². The topological polar surface area (TPSA) is 268 Å². The molecule has 4 amide bonds. The molecule has 0 aromatic heterocycles. The third-order valence-electron chi connectivity index (χ3n) is 4.38. The van der Waals surface area contributed by atoms with Crippen molar-refractivity contribution in [3.8, 4) is 0 Å². The van der Waals surface area contributed by atoms with Crippen LogP contribution < -0.4 is 27.4 Å². The highest BCUT2D eigenvalue weighted by Crippen LogP contribution is 2.08. The largest absolute Gasteiger partial charge is 0.481 e. The summed E-state index contributed by atoms with van der Waals surface area (Å²) in [5, 5.41) is 33.6. The number of aliphatic carboxylic acids is 3. The molecule has 0 saturated heterocycles. The molecule has 15 nitrogen and oxygen atoms in total. The summed E-state index contributed by atoms with van der Waals surface area (Å²) in [4.78, 5) is 81.6. The Morgan fingerprint density at radius 1 is 0.735 bits per heavy atom. The van der Waals surface area contributed by atoms with Crippen molar-refractivity contribution in [3.63, 3.8) is 0 Å². The van der Waals surface area contributed by atoms with E-state index in [1.54, 1.807) is 13.8 Å². The zero-order valence-electron chi connectivity index (χ0n) is 18.8. The van der Waals surface area contributed by atoms with Crippen molar-refractivity contribution < 1.29 is 48.9 Å². The molecule has 0 aromatic carbocycles. The fourth-order valence-electron chi connectivity index (χ4n) is 2.74. The maximum atomic E-state index is 12.7. The average molecular weight is 489 g/mol. The molecule has 34 heavy (non-hydrogen) atoms. The average Bonchev–Trinajstić information content (AvgIpc) is 2.68. The predicted octanol–water partition coefficient (Wildman–Crippen LogP) is -2.89. The summed E-state index contributed by atoms with van der Waals surface area (Å²) in [6, 6.07) is -6.05. The van der Waals surface area contributed by atoms with E-state index in [0.29, 0.717) is 0 Å². The molecule has 10 N–H and O–H groups in total. The molecule has 0 bridgehead atoms. The number of hydrogen-bond acceptors (Lipinski definition) is 8. The number of carbonyl (C=O) groups is 7. The van der Waals surface area contributed by atoms with Gasteiger partial charge in [-0.2, -0.15) is 0 Å². The number of nitrogens with two attached hydrogens (primary N) is 2. The number of primary amides is 1. The minimum absolute atomic E-state index is 0.0198. The van der Waals surface area contributed by atoms with Gasteiger partial charge in [-0.05, 0) is 18.8 Å². The molecular weight excluding hydrogens is 458 g/mol. The van der Waals surface area contributed by atoms with Crippen LogP contribution in [0, 0.1) is 5.92 Å². The first-order valence-electron chi connectivity index (χ1n) is 10.2. The fourth-order valence-corrected chi connectivity index (χ4v) is 2.74. The summed E-state index contributed by atoms with van der Waals surface area (Å²) < 4.78 is 0. The van der Waals surface area contributed by atoms with Crippen LogP contribution in [0.2, 0.25) is 0 Å². The van der Waals surface area contributed by atoms with Gasteiger partial charge in [-0.15, -0.1) is 0 Å². The smallest absolute Gasteiger partial charge is 0.326 e. The van der Waals surface area contributed by atoms with Crippen LogP contribution in [0.25, 0.3) is 0 Å². The van der Waals surface area contributed by atoms with E-state index in [-0.39, 0.29) is 25.2 Å². The van der Waals surface area contributed by atoms with Gasteiger partial charge in [0.1, 0.15) is 18.1 Å². The van der Waals surface area contributed by atoms with Gasteiger partial charge in [0.05, 0.1) is 18.9 Å². The van der Waals surface area contributed by atoms with Gasteiger partial charge in [-0.1, -0.05) is 13.8 Å². The lowest BCUT2D eigenvalue weighted by atomic mass is 10.0. The number of rotatable bonds is 16. The van der Waals surface area contributed by atoms with Crippen molar-refractivity contribution in [1.29, 1.82) is 0 Å². The quantitative estimate of drug-likeness (QED) is 0.109. The molecule has 192 valence electrons. The molecule has 15 heteroatoms. The minimum atomic E-state index is -1.70. The predicted molar refractivity (Wildman–Crippen MR) is 114 cm³/mol. The standard InChI is InChI=1S/C19H31N5O10/c1-8(2)5-11(17(31)22-10(19(33)34)3-4-13(21)25)24-18(32)12(7-15(28)29)23-16(30)9(20)6-14(26)27/h8-12H,3-7,20H2,1-2H3,(H2,21,25)(H,22,31)(H,23,30)(H,24,32)(H,26,27)(H,28,29)(H,33,34). The lowest BCUT2D eigenvalue weighted by Crippen LogP contribution is -2.57.